The number of carbonyl (C=O) groups is 1. The Labute approximate surface area is 151 Å². The van der Waals surface area contributed by atoms with Crippen LogP contribution in [0.4, 0.5) is 5.69 Å². The molecule has 1 atom stereocenters. The number of anilines is 1. The number of thiazole rings is 1. The van der Waals surface area contributed by atoms with Crippen LogP contribution >= 0.6 is 35.5 Å². The third kappa shape index (κ3) is 5.49. The van der Waals surface area contributed by atoms with E-state index in [9.17, 15) is 4.79 Å². The van der Waals surface area contributed by atoms with Crippen LogP contribution in [0.1, 0.15) is 41.3 Å². The second-order valence-electron chi connectivity index (χ2n) is 5.10. The maximum absolute atomic E-state index is 12.2. The first-order chi connectivity index (χ1) is 10.5. The fraction of sp³-hybridized carbons (Fsp3) is 0.375. The molecule has 1 heterocycles. The van der Waals surface area contributed by atoms with Gasteiger partial charge >= 0.3 is 0 Å². The Bertz CT molecular complexity index is 661. The van der Waals surface area contributed by atoms with Gasteiger partial charge < -0.3 is 11.1 Å². The largest absolute Gasteiger partial charge is 0.325 e. The number of aromatic nitrogens is 1. The van der Waals surface area contributed by atoms with E-state index >= 15 is 0 Å². The second-order valence-corrected chi connectivity index (χ2v) is 7.55. The normalized spacial score (nSPS) is 11.7. The molecule has 7 heteroatoms. The van der Waals surface area contributed by atoms with Gasteiger partial charge in [0.15, 0.2) is 0 Å². The molecule has 2 rings (SSSR count). The number of thioether (sulfide) groups is 1. The summed E-state index contributed by atoms with van der Waals surface area (Å²) in [5, 5.41) is 6.00. The molecule has 126 valence electrons. The molecule has 3 N–H and O–H groups in total. The van der Waals surface area contributed by atoms with Crippen molar-refractivity contribution in [3.8, 4) is 0 Å². The molecule has 1 amide bonds. The van der Waals surface area contributed by atoms with E-state index in [-0.39, 0.29) is 18.3 Å². The van der Waals surface area contributed by atoms with Crippen LogP contribution in [0, 0.1) is 6.92 Å². The van der Waals surface area contributed by atoms with Crippen LogP contribution in [0.2, 0.25) is 0 Å². The molecular weight excluding hydrogens is 350 g/mol. The molecule has 1 unspecified atom stereocenters. The lowest BCUT2D eigenvalue weighted by Gasteiger charge is -2.12. The van der Waals surface area contributed by atoms with Crippen LogP contribution in [0.25, 0.3) is 0 Å². The Morgan fingerprint density at radius 3 is 2.78 bits per heavy atom. The first-order valence-corrected chi connectivity index (χ1v) is 9.02. The standard InChI is InChI=1S/C16H21N3OS2.ClH/c1-4-11(3)22-12-5-6-13(10(2)7-12)19-16(20)14-9-21-15(8-17)18-14;/h5-7,9,11H,4,8,17H2,1-3H3,(H,19,20);1H. The van der Waals surface area contributed by atoms with Crippen LogP contribution in [-0.2, 0) is 6.54 Å². The Hall–Kier alpha value is -1.08. The zero-order chi connectivity index (χ0) is 16.1. The lowest BCUT2D eigenvalue weighted by Crippen LogP contribution is -2.13. The molecule has 0 spiro atoms. The molecule has 1 aromatic heterocycles. The van der Waals surface area contributed by atoms with Gasteiger partial charge in [0.05, 0.1) is 0 Å². The van der Waals surface area contributed by atoms with Gasteiger partial charge in [0.2, 0.25) is 0 Å². The van der Waals surface area contributed by atoms with E-state index in [0.29, 0.717) is 17.5 Å². The highest BCUT2D eigenvalue weighted by Gasteiger charge is 2.12. The van der Waals surface area contributed by atoms with E-state index in [2.05, 4.69) is 30.2 Å². The van der Waals surface area contributed by atoms with Gasteiger partial charge in [0.25, 0.3) is 5.91 Å². The quantitative estimate of drug-likeness (QED) is 0.735. The maximum atomic E-state index is 12.2. The number of nitrogens with zero attached hydrogens (tertiary/aromatic N) is 1. The molecule has 23 heavy (non-hydrogen) atoms. The van der Waals surface area contributed by atoms with Crippen LogP contribution in [-0.4, -0.2) is 16.1 Å². The van der Waals surface area contributed by atoms with Gasteiger partial charge in [-0.1, -0.05) is 13.8 Å². The summed E-state index contributed by atoms with van der Waals surface area (Å²) in [5.74, 6) is -0.193. The minimum atomic E-state index is -0.193. The molecule has 0 aliphatic carbocycles. The van der Waals surface area contributed by atoms with Gasteiger partial charge in [-0.05, 0) is 37.1 Å². The zero-order valence-electron chi connectivity index (χ0n) is 13.5. The highest BCUT2D eigenvalue weighted by molar-refractivity contribution is 7.99. The number of aryl methyl sites for hydroxylation is 1. The van der Waals surface area contributed by atoms with Crippen LogP contribution in [0.5, 0.6) is 0 Å². The third-order valence-electron chi connectivity index (χ3n) is 3.32. The van der Waals surface area contributed by atoms with Crippen LogP contribution < -0.4 is 11.1 Å². The summed E-state index contributed by atoms with van der Waals surface area (Å²) in [5.41, 5.74) is 7.81. The lowest BCUT2D eigenvalue weighted by atomic mass is 10.2. The zero-order valence-corrected chi connectivity index (χ0v) is 15.9. The monoisotopic (exact) mass is 371 g/mol. The fourth-order valence-corrected chi connectivity index (χ4v) is 3.54. The van der Waals surface area contributed by atoms with E-state index in [1.165, 1.54) is 16.2 Å². The van der Waals surface area contributed by atoms with Crippen molar-refractivity contribution in [3.05, 3.63) is 39.8 Å². The first-order valence-electron chi connectivity index (χ1n) is 7.26. The van der Waals surface area contributed by atoms with E-state index in [1.54, 1.807) is 5.38 Å². The number of nitrogens with one attached hydrogen (secondary N) is 1. The number of nitrogens with two attached hydrogens (primary N) is 1. The van der Waals surface area contributed by atoms with Crippen molar-refractivity contribution in [1.82, 2.24) is 4.98 Å². The Morgan fingerprint density at radius 1 is 1.48 bits per heavy atom. The maximum Gasteiger partial charge on any atom is 0.275 e. The number of rotatable bonds is 6. The molecule has 0 radical (unpaired) electrons. The molecule has 4 nitrogen and oxygen atoms in total. The molecule has 0 fully saturated rings. The van der Waals surface area contributed by atoms with Gasteiger partial charge in [-0.15, -0.1) is 35.5 Å². The number of hydrogen-bond acceptors (Lipinski definition) is 5. The van der Waals surface area contributed by atoms with Crippen molar-refractivity contribution in [2.45, 2.75) is 43.9 Å². The molecule has 1 aromatic carbocycles. The Kier molecular flexibility index (Phi) is 8.05. The van der Waals surface area contributed by atoms with Crippen molar-refractivity contribution in [3.63, 3.8) is 0 Å². The number of benzene rings is 1. The topological polar surface area (TPSA) is 68.0 Å². The van der Waals surface area contributed by atoms with E-state index in [1.807, 2.05) is 30.8 Å². The summed E-state index contributed by atoms with van der Waals surface area (Å²) in [4.78, 5) is 17.6. The van der Waals surface area contributed by atoms with E-state index in [4.69, 9.17) is 5.73 Å². The minimum Gasteiger partial charge on any atom is -0.325 e. The summed E-state index contributed by atoms with van der Waals surface area (Å²) >= 11 is 3.25. The molecular formula is C16H22ClN3OS2. The minimum absolute atomic E-state index is 0. The SMILES string of the molecule is CCC(C)Sc1ccc(NC(=O)c2csc(CN)n2)c(C)c1.Cl. The van der Waals surface area contributed by atoms with Crippen LogP contribution in [0.15, 0.2) is 28.5 Å². The summed E-state index contributed by atoms with van der Waals surface area (Å²) < 4.78 is 0. The highest BCUT2D eigenvalue weighted by atomic mass is 35.5. The van der Waals surface area contributed by atoms with Crippen molar-refractivity contribution in [2.75, 3.05) is 5.32 Å². The first kappa shape index (κ1) is 20.0. The number of halogens is 1. The van der Waals surface area contributed by atoms with Crippen molar-refractivity contribution in [2.24, 2.45) is 5.73 Å². The highest BCUT2D eigenvalue weighted by Crippen LogP contribution is 2.28. The van der Waals surface area contributed by atoms with E-state index < -0.39 is 0 Å². The van der Waals surface area contributed by atoms with E-state index in [0.717, 1.165) is 22.7 Å². The molecule has 0 aliphatic heterocycles. The third-order valence-corrected chi connectivity index (χ3v) is 5.45. The lowest BCUT2D eigenvalue weighted by molar-refractivity contribution is 0.102. The average Bonchev–Trinajstić information content (AvgIpc) is 2.99. The predicted molar refractivity (Wildman–Crippen MR) is 102 cm³/mol. The van der Waals surface area contributed by atoms with Gasteiger partial charge in [0.1, 0.15) is 10.7 Å². The molecule has 2 aromatic rings. The van der Waals surface area contributed by atoms with Crippen molar-refractivity contribution >= 4 is 47.1 Å². The van der Waals surface area contributed by atoms with Crippen molar-refractivity contribution < 1.29 is 4.79 Å². The summed E-state index contributed by atoms with van der Waals surface area (Å²) in [7, 11) is 0. The predicted octanol–water partition coefficient (Wildman–Crippen LogP) is 4.47. The summed E-state index contributed by atoms with van der Waals surface area (Å²) in [6.45, 7) is 6.76. The van der Waals surface area contributed by atoms with Crippen LogP contribution in [0.3, 0.4) is 0 Å². The number of carbonyl (C=O) groups excluding carboxylic acids is 1. The van der Waals surface area contributed by atoms with Gasteiger partial charge in [0, 0.05) is 27.8 Å². The smallest absolute Gasteiger partial charge is 0.275 e. The Morgan fingerprint density at radius 2 is 2.22 bits per heavy atom. The Balaban J connectivity index is 0.00000264. The second kappa shape index (κ2) is 9.27. The van der Waals surface area contributed by atoms with Gasteiger partial charge in [-0.3, -0.25) is 4.79 Å². The molecule has 0 saturated carbocycles. The fourth-order valence-electron chi connectivity index (χ4n) is 1.86. The number of hydrogen-bond donors (Lipinski definition) is 2. The molecule has 0 bridgehead atoms. The molecule has 0 aliphatic rings. The summed E-state index contributed by atoms with van der Waals surface area (Å²) in [6, 6.07) is 6.11. The number of amides is 1. The van der Waals surface area contributed by atoms with Gasteiger partial charge in [-0.25, -0.2) is 4.98 Å². The van der Waals surface area contributed by atoms with Crippen molar-refractivity contribution in [1.29, 1.82) is 0 Å². The molecule has 0 saturated heterocycles. The average molecular weight is 372 g/mol. The summed E-state index contributed by atoms with van der Waals surface area (Å²) in [6.07, 6.45) is 1.13. The van der Waals surface area contributed by atoms with Gasteiger partial charge in [-0.2, -0.15) is 0 Å².